The number of fused-ring (bicyclic) bond motifs is 2. The summed E-state index contributed by atoms with van der Waals surface area (Å²) in [6, 6.07) is 5.76. The van der Waals surface area contributed by atoms with E-state index in [2.05, 4.69) is 10.3 Å². The number of hydrogen-bond acceptors (Lipinski definition) is 6. The van der Waals surface area contributed by atoms with Crippen molar-refractivity contribution in [1.82, 2.24) is 4.98 Å². The van der Waals surface area contributed by atoms with E-state index in [0.717, 1.165) is 40.1 Å². The fourth-order valence-corrected chi connectivity index (χ4v) is 4.45. The van der Waals surface area contributed by atoms with Crippen molar-refractivity contribution in [2.45, 2.75) is 24.2 Å². The first-order valence-electron chi connectivity index (χ1n) is 7.59. The van der Waals surface area contributed by atoms with E-state index in [9.17, 15) is 4.79 Å². The number of thiazole rings is 1. The van der Waals surface area contributed by atoms with E-state index in [-0.39, 0.29) is 5.91 Å². The molecule has 1 aliphatic heterocycles. The van der Waals surface area contributed by atoms with E-state index in [1.165, 1.54) is 23.1 Å². The highest BCUT2D eigenvalue weighted by Gasteiger charge is 2.18. The second-order valence-electron chi connectivity index (χ2n) is 5.38. The zero-order valence-corrected chi connectivity index (χ0v) is 14.1. The van der Waals surface area contributed by atoms with E-state index in [1.807, 2.05) is 18.2 Å². The molecule has 0 atom stereocenters. The Kier molecular flexibility index (Phi) is 4.13. The number of aryl methyl sites for hydroxylation is 2. The van der Waals surface area contributed by atoms with Crippen LogP contribution in [-0.4, -0.2) is 29.9 Å². The van der Waals surface area contributed by atoms with Crippen LogP contribution in [-0.2, 0) is 17.6 Å². The first-order valence-corrected chi connectivity index (χ1v) is 9.39. The van der Waals surface area contributed by atoms with Crippen LogP contribution in [0.1, 0.15) is 17.0 Å². The molecule has 7 heteroatoms. The van der Waals surface area contributed by atoms with Crippen LogP contribution < -0.4 is 14.8 Å². The maximum atomic E-state index is 12.1. The van der Waals surface area contributed by atoms with Crippen LogP contribution >= 0.6 is 23.1 Å². The molecule has 1 aromatic heterocycles. The fraction of sp³-hybridized carbons (Fsp3) is 0.375. The first kappa shape index (κ1) is 14.8. The van der Waals surface area contributed by atoms with E-state index < -0.39 is 0 Å². The van der Waals surface area contributed by atoms with Gasteiger partial charge in [-0.3, -0.25) is 4.79 Å². The third kappa shape index (κ3) is 3.30. The van der Waals surface area contributed by atoms with E-state index in [0.29, 0.717) is 19.0 Å². The Balaban J connectivity index is 1.34. The minimum atomic E-state index is -0.0303. The smallest absolute Gasteiger partial charge is 0.236 e. The summed E-state index contributed by atoms with van der Waals surface area (Å²) >= 11 is 3.08. The van der Waals surface area contributed by atoms with Crippen molar-refractivity contribution in [2.75, 3.05) is 24.3 Å². The molecule has 23 heavy (non-hydrogen) atoms. The van der Waals surface area contributed by atoms with Gasteiger partial charge in [0.25, 0.3) is 0 Å². The maximum Gasteiger partial charge on any atom is 0.236 e. The van der Waals surface area contributed by atoms with Crippen molar-refractivity contribution >= 4 is 34.1 Å². The lowest BCUT2D eigenvalue weighted by molar-refractivity contribution is -0.113. The Bertz CT molecular complexity index is 723. The van der Waals surface area contributed by atoms with Crippen LogP contribution in [0.2, 0.25) is 0 Å². The Labute approximate surface area is 142 Å². The molecule has 2 aromatic rings. The molecule has 2 aliphatic rings. The summed E-state index contributed by atoms with van der Waals surface area (Å²) in [5, 5.41) is 3.62. The largest absolute Gasteiger partial charge is 0.486 e. The summed E-state index contributed by atoms with van der Waals surface area (Å²) in [6.45, 7) is 1.15. The molecule has 1 N–H and O–H groups in total. The van der Waals surface area contributed by atoms with Gasteiger partial charge in [-0.1, -0.05) is 0 Å². The number of amides is 1. The highest BCUT2D eigenvalue weighted by atomic mass is 32.2. The van der Waals surface area contributed by atoms with Gasteiger partial charge in [-0.05, 0) is 37.5 Å². The second kappa shape index (κ2) is 6.41. The third-order valence-electron chi connectivity index (χ3n) is 3.73. The Hall–Kier alpha value is -1.73. The van der Waals surface area contributed by atoms with Crippen LogP contribution in [0.15, 0.2) is 23.1 Å². The standard InChI is InChI=1S/C16H16N2O3S2/c19-15(18-16-17-11-2-1-3-14(11)23-16)9-22-10-4-5-12-13(8-10)21-7-6-20-12/h4-5,8H,1-3,6-7,9H2,(H,17,18,19). The van der Waals surface area contributed by atoms with Gasteiger partial charge in [0.15, 0.2) is 16.6 Å². The third-order valence-corrected chi connectivity index (χ3v) is 5.79. The summed E-state index contributed by atoms with van der Waals surface area (Å²) in [4.78, 5) is 18.9. The molecule has 2 heterocycles. The molecule has 4 rings (SSSR count). The highest BCUT2D eigenvalue weighted by molar-refractivity contribution is 8.00. The van der Waals surface area contributed by atoms with E-state index in [1.54, 1.807) is 11.3 Å². The molecule has 0 unspecified atom stereocenters. The van der Waals surface area contributed by atoms with Crippen LogP contribution in [0.25, 0.3) is 0 Å². The van der Waals surface area contributed by atoms with Gasteiger partial charge in [-0.2, -0.15) is 0 Å². The molecule has 0 saturated heterocycles. The lowest BCUT2D eigenvalue weighted by Gasteiger charge is -2.18. The number of aromatic nitrogens is 1. The molecule has 0 saturated carbocycles. The van der Waals surface area contributed by atoms with E-state index >= 15 is 0 Å². The van der Waals surface area contributed by atoms with Crippen LogP contribution in [0.5, 0.6) is 11.5 Å². The van der Waals surface area contributed by atoms with Gasteiger partial charge in [0.1, 0.15) is 13.2 Å². The molecule has 5 nitrogen and oxygen atoms in total. The summed E-state index contributed by atoms with van der Waals surface area (Å²) in [6.07, 6.45) is 3.31. The Morgan fingerprint density at radius 1 is 1.26 bits per heavy atom. The number of carbonyl (C=O) groups is 1. The van der Waals surface area contributed by atoms with Gasteiger partial charge in [0, 0.05) is 9.77 Å². The van der Waals surface area contributed by atoms with Crippen LogP contribution in [0.3, 0.4) is 0 Å². The second-order valence-corrected chi connectivity index (χ2v) is 7.52. The van der Waals surface area contributed by atoms with Crippen LogP contribution in [0, 0.1) is 0 Å². The van der Waals surface area contributed by atoms with Gasteiger partial charge >= 0.3 is 0 Å². The SMILES string of the molecule is O=C(CSc1ccc2c(c1)OCCO2)Nc1nc2c(s1)CCC2. The summed E-state index contributed by atoms with van der Waals surface area (Å²) < 4.78 is 11.0. The maximum absolute atomic E-state index is 12.1. The summed E-state index contributed by atoms with van der Waals surface area (Å²) in [5.41, 5.74) is 1.16. The highest BCUT2D eigenvalue weighted by Crippen LogP contribution is 2.34. The fourth-order valence-electron chi connectivity index (χ4n) is 2.66. The van der Waals surface area contributed by atoms with Crippen molar-refractivity contribution in [3.8, 4) is 11.5 Å². The van der Waals surface area contributed by atoms with Crippen molar-refractivity contribution < 1.29 is 14.3 Å². The monoisotopic (exact) mass is 348 g/mol. The number of benzene rings is 1. The van der Waals surface area contributed by atoms with Gasteiger partial charge in [0.05, 0.1) is 11.4 Å². The molecule has 1 aliphatic carbocycles. The van der Waals surface area contributed by atoms with Gasteiger partial charge in [-0.25, -0.2) is 4.98 Å². The molecule has 120 valence electrons. The Morgan fingerprint density at radius 3 is 3.00 bits per heavy atom. The number of nitrogens with zero attached hydrogens (tertiary/aromatic N) is 1. The predicted octanol–water partition coefficient (Wildman–Crippen LogP) is 3.13. The zero-order valence-electron chi connectivity index (χ0n) is 12.5. The molecular formula is C16H16N2O3S2. The van der Waals surface area contributed by atoms with Crippen molar-refractivity contribution in [3.05, 3.63) is 28.8 Å². The number of carbonyl (C=O) groups excluding carboxylic acids is 1. The minimum Gasteiger partial charge on any atom is -0.486 e. The first-order chi connectivity index (χ1) is 11.3. The topological polar surface area (TPSA) is 60.5 Å². The van der Waals surface area contributed by atoms with Gasteiger partial charge < -0.3 is 14.8 Å². The van der Waals surface area contributed by atoms with Crippen molar-refractivity contribution in [2.24, 2.45) is 0 Å². The van der Waals surface area contributed by atoms with E-state index in [4.69, 9.17) is 9.47 Å². The summed E-state index contributed by atoms with van der Waals surface area (Å²) in [5.74, 6) is 1.84. The van der Waals surface area contributed by atoms with Gasteiger partial charge in [0.2, 0.25) is 5.91 Å². The summed E-state index contributed by atoms with van der Waals surface area (Å²) in [7, 11) is 0. The van der Waals surface area contributed by atoms with Crippen molar-refractivity contribution in [3.63, 3.8) is 0 Å². The quantitative estimate of drug-likeness (QED) is 0.860. The van der Waals surface area contributed by atoms with Crippen LogP contribution in [0.4, 0.5) is 5.13 Å². The number of nitrogens with one attached hydrogen (secondary N) is 1. The number of anilines is 1. The molecule has 1 amide bonds. The minimum absolute atomic E-state index is 0.0303. The van der Waals surface area contributed by atoms with Gasteiger partial charge in [-0.15, -0.1) is 23.1 Å². The zero-order chi connectivity index (χ0) is 15.6. The molecule has 0 bridgehead atoms. The predicted molar refractivity (Wildman–Crippen MR) is 90.9 cm³/mol. The molecule has 0 spiro atoms. The van der Waals surface area contributed by atoms with Crippen molar-refractivity contribution in [1.29, 1.82) is 0 Å². The number of ether oxygens (including phenoxy) is 2. The molecule has 0 radical (unpaired) electrons. The molecule has 1 aromatic carbocycles. The lowest BCUT2D eigenvalue weighted by atomic mass is 10.3. The molecular weight excluding hydrogens is 332 g/mol. The number of thioether (sulfide) groups is 1. The Morgan fingerprint density at radius 2 is 2.13 bits per heavy atom. The average Bonchev–Trinajstić information content (AvgIpc) is 3.14. The average molecular weight is 348 g/mol. The normalized spacial score (nSPS) is 15.3. The lowest BCUT2D eigenvalue weighted by Crippen LogP contribution is -2.15. The number of rotatable bonds is 4. The molecule has 0 fully saturated rings. The number of hydrogen-bond donors (Lipinski definition) is 1.